The molecule has 0 spiro atoms. The molecule has 4 aromatic rings. The maximum atomic E-state index is 5.08. The fourth-order valence-corrected chi connectivity index (χ4v) is 3.15. The summed E-state index contributed by atoms with van der Waals surface area (Å²) in [5.74, 6) is 0.312. The highest BCUT2D eigenvalue weighted by molar-refractivity contribution is 5.93. The van der Waals surface area contributed by atoms with Crippen molar-refractivity contribution in [2.45, 2.75) is 19.8 Å². The van der Waals surface area contributed by atoms with Crippen LogP contribution in [0, 0.1) is 0 Å². The quantitative estimate of drug-likeness (QED) is 0.456. The molecule has 0 bridgehead atoms. The Bertz CT molecular complexity index is 1010. The van der Waals surface area contributed by atoms with E-state index < -0.39 is 0 Å². The lowest BCUT2D eigenvalue weighted by atomic mass is 9.99. The van der Waals surface area contributed by atoms with Gasteiger partial charge in [0.1, 0.15) is 0 Å². The molecule has 3 aromatic carbocycles. The monoisotopic (exact) mass is 324 g/mol. The first-order chi connectivity index (χ1) is 12.2. The summed E-state index contributed by atoms with van der Waals surface area (Å²) in [7, 11) is 0. The molecule has 0 unspecified atom stereocenters. The van der Waals surface area contributed by atoms with Gasteiger partial charge in [-0.2, -0.15) is 0 Å². The average Bonchev–Trinajstić information content (AvgIpc) is 2.67. The maximum Gasteiger partial charge on any atom is 0.0972 e. The number of fused-ring (bicyclic) bond motifs is 1. The van der Waals surface area contributed by atoms with E-state index >= 15 is 0 Å². The third-order valence-corrected chi connectivity index (χ3v) is 4.40. The van der Waals surface area contributed by atoms with Crippen LogP contribution in [-0.2, 0) is 0 Å². The summed E-state index contributed by atoms with van der Waals surface area (Å²) >= 11 is 0. The summed E-state index contributed by atoms with van der Waals surface area (Å²) in [6.45, 7) is 4.34. The van der Waals surface area contributed by atoms with Gasteiger partial charge in [-0.1, -0.05) is 86.6 Å². The number of para-hydroxylation sites is 1. The van der Waals surface area contributed by atoms with E-state index in [4.69, 9.17) is 9.97 Å². The summed E-state index contributed by atoms with van der Waals surface area (Å²) in [6.07, 6.45) is 0. The topological polar surface area (TPSA) is 25.8 Å². The number of hydrogen-bond donors (Lipinski definition) is 0. The van der Waals surface area contributed by atoms with Crippen molar-refractivity contribution in [3.63, 3.8) is 0 Å². The van der Waals surface area contributed by atoms with Gasteiger partial charge in [0.15, 0.2) is 0 Å². The van der Waals surface area contributed by atoms with Crippen molar-refractivity contribution in [1.82, 2.24) is 9.97 Å². The van der Waals surface area contributed by atoms with Gasteiger partial charge in [0, 0.05) is 11.1 Å². The van der Waals surface area contributed by atoms with Gasteiger partial charge in [-0.3, -0.25) is 0 Å². The Balaban J connectivity index is 2.03. The summed E-state index contributed by atoms with van der Waals surface area (Å²) in [5, 5.41) is 0. The number of rotatable bonds is 3. The van der Waals surface area contributed by atoms with Gasteiger partial charge in [-0.25, -0.2) is 9.97 Å². The first-order valence-electron chi connectivity index (χ1n) is 8.65. The van der Waals surface area contributed by atoms with Gasteiger partial charge in [-0.15, -0.1) is 0 Å². The Morgan fingerprint density at radius 1 is 0.640 bits per heavy atom. The number of hydrogen-bond acceptors (Lipinski definition) is 2. The van der Waals surface area contributed by atoms with Crippen molar-refractivity contribution in [3.8, 4) is 22.4 Å². The van der Waals surface area contributed by atoms with Crippen LogP contribution in [0.2, 0.25) is 0 Å². The van der Waals surface area contributed by atoms with Crippen molar-refractivity contribution in [2.24, 2.45) is 0 Å². The number of aromatic nitrogens is 2. The van der Waals surface area contributed by atoms with Gasteiger partial charge in [0.05, 0.1) is 22.4 Å². The summed E-state index contributed by atoms with van der Waals surface area (Å²) in [6, 6.07) is 27.0. The summed E-state index contributed by atoms with van der Waals surface area (Å²) < 4.78 is 0. The van der Waals surface area contributed by atoms with Crippen molar-refractivity contribution >= 4 is 11.0 Å². The molecule has 0 radical (unpaired) electrons. The van der Waals surface area contributed by atoms with Crippen LogP contribution in [0.3, 0.4) is 0 Å². The van der Waals surface area contributed by atoms with E-state index in [1.165, 1.54) is 5.56 Å². The molecule has 0 atom stereocenters. The highest BCUT2D eigenvalue weighted by Gasteiger charge is 2.15. The zero-order valence-electron chi connectivity index (χ0n) is 14.5. The zero-order valence-corrected chi connectivity index (χ0v) is 14.5. The van der Waals surface area contributed by atoms with Gasteiger partial charge in [0.2, 0.25) is 0 Å². The molecule has 1 heterocycles. The lowest BCUT2D eigenvalue weighted by Crippen LogP contribution is -2.01. The first-order valence-corrected chi connectivity index (χ1v) is 8.65. The van der Waals surface area contributed by atoms with E-state index in [-0.39, 0.29) is 0 Å². The Kier molecular flexibility index (Phi) is 4.02. The van der Waals surface area contributed by atoms with E-state index in [2.05, 4.69) is 80.6 Å². The second-order valence-corrected chi connectivity index (χ2v) is 6.52. The minimum absolute atomic E-state index is 0.312. The zero-order chi connectivity index (χ0) is 17.2. The van der Waals surface area contributed by atoms with Crippen molar-refractivity contribution in [1.29, 1.82) is 0 Å². The van der Waals surface area contributed by atoms with Crippen LogP contribution in [0.1, 0.15) is 25.5 Å². The maximum absolute atomic E-state index is 5.08. The van der Waals surface area contributed by atoms with E-state index in [0.717, 1.165) is 33.5 Å². The first kappa shape index (κ1) is 15.5. The Morgan fingerprint density at radius 3 is 1.92 bits per heavy atom. The van der Waals surface area contributed by atoms with Crippen LogP contribution in [0.5, 0.6) is 0 Å². The molecule has 2 nitrogen and oxygen atoms in total. The second-order valence-electron chi connectivity index (χ2n) is 6.52. The van der Waals surface area contributed by atoms with E-state index in [1.54, 1.807) is 0 Å². The molecule has 0 saturated carbocycles. The number of nitrogens with zero attached hydrogens (tertiary/aromatic N) is 2. The fraction of sp³-hybridized carbons (Fsp3) is 0.130. The predicted molar refractivity (Wildman–Crippen MR) is 104 cm³/mol. The summed E-state index contributed by atoms with van der Waals surface area (Å²) in [4.78, 5) is 10.1. The van der Waals surface area contributed by atoms with Gasteiger partial charge in [0.25, 0.3) is 0 Å². The molecular weight excluding hydrogens is 304 g/mol. The van der Waals surface area contributed by atoms with E-state index in [1.807, 2.05) is 12.1 Å². The van der Waals surface area contributed by atoms with Crippen molar-refractivity contribution < 1.29 is 0 Å². The molecule has 2 heteroatoms. The van der Waals surface area contributed by atoms with Crippen LogP contribution in [0.4, 0.5) is 0 Å². The van der Waals surface area contributed by atoms with Crippen LogP contribution in [0.15, 0.2) is 78.9 Å². The Labute approximate surface area is 148 Å². The lowest BCUT2D eigenvalue weighted by molar-refractivity contribution is 0.825. The normalized spacial score (nSPS) is 11.2. The van der Waals surface area contributed by atoms with Crippen molar-refractivity contribution in [2.75, 3.05) is 0 Å². The largest absolute Gasteiger partial charge is 0.249 e. The minimum atomic E-state index is 0.312. The Morgan fingerprint density at radius 2 is 1.28 bits per heavy atom. The van der Waals surface area contributed by atoms with Gasteiger partial charge in [-0.05, 0) is 17.5 Å². The highest BCUT2D eigenvalue weighted by Crippen LogP contribution is 2.32. The molecule has 0 aliphatic heterocycles. The smallest absolute Gasteiger partial charge is 0.0972 e. The number of benzene rings is 3. The van der Waals surface area contributed by atoms with Crippen LogP contribution >= 0.6 is 0 Å². The Hall–Kier alpha value is -3.00. The third-order valence-electron chi connectivity index (χ3n) is 4.40. The molecular formula is C23H20N2. The SMILES string of the molecule is CC(C)c1nc2cccc(-c3ccccc3)c2nc1-c1ccccc1. The minimum Gasteiger partial charge on any atom is -0.249 e. The molecule has 0 aliphatic rings. The van der Waals surface area contributed by atoms with E-state index in [0.29, 0.717) is 5.92 Å². The molecule has 0 N–H and O–H groups in total. The molecule has 0 aliphatic carbocycles. The van der Waals surface area contributed by atoms with Crippen LogP contribution < -0.4 is 0 Å². The molecule has 25 heavy (non-hydrogen) atoms. The molecule has 1 aromatic heterocycles. The van der Waals surface area contributed by atoms with Gasteiger partial charge < -0.3 is 0 Å². The molecule has 122 valence electrons. The second kappa shape index (κ2) is 6.48. The standard InChI is InChI=1S/C23H20N2/c1-16(2)21-22(18-12-7-4-8-13-18)25-23-19(14-9-15-20(23)24-21)17-10-5-3-6-11-17/h3-16H,1-2H3. The molecule has 4 rings (SSSR count). The summed E-state index contributed by atoms with van der Waals surface area (Å²) in [5.41, 5.74) is 7.33. The molecule has 0 amide bonds. The lowest BCUT2D eigenvalue weighted by Gasteiger charge is -2.14. The highest BCUT2D eigenvalue weighted by atomic mass is 14.8. The fourth-order valence-electron chi connectivity index (χ4n) is 3.15. The van der Waals surface area contributed by atoms with Crippen molar-refractivity contribution in [3.05, 3.63) is 84.6 Å². The molecule has 0 fully saturated rings. The van der Waals surface area contributed by atoms with Crippen LogP contribution in [-0.4, -0.2) is 9.97 Å². The average molecular weight is 324 g/mol. The third kappa shape index (κ3) is 2.91. The van der Waals surface area contributed by atoms with Gasteiger partial charge >= 0.3 is 0 Å². The predicted octanol–water partition coefficient (Wildman–Crippen LogP) is 6.09. The molecule has 0 saturated heterocycles. The van der Waals surface area contributed by atoms with E-state index in [9.17, 15) is 0 Å². The van der Waals surface area contributed by atoms with Crippen LogP contribution in [0.25, 0.3) is 33.4 Å².